The number of carbonyl (C=O) groups is 2. The van der Waals surface area contributed by atoms with Crippen LogP contribution in [0.4, 0.5) is 0 Å². The summed E-state index contributed by atoms with van der Waals surface area (Å²) in [5.41, 5.74) is 3.46. The molecule has 2 aromatic carbocycles. The van der Waals surface area contributed by atoms with Crippen LogP contribution in [0, 0.1) is 0 Å². The first-order chi connectivity index (χ1) is 9.58. The summed E-state index contributed by atoms with van der Waals surface area (Å²) in [6.07, 6.45) is 0. The Morgan fingerprint density at radius 3 is 2.05 bits per heavy atom. The molecule has 2 atom stereocenters. The maximum atomic E-state index is 12.6. The number of benzene rings is 2. The van der Waals surface area contributed by atoms with Gasteiger partial charge in [0.1, 0.15) is 7.85 Å². The van der Waals surface area contributed by atoms with Crippen molar-refractivity contribution in [2.45, 2.75) is 11.8 Å². The van der Waals surface area contributed by atoms with Crippen LogP contribution in [0.15, 0.2) is 40.9 Å². The Kier molecular flexibility index (Phi) is 2.37. The summed E-state index contributed by atoms with van der Waals surface area (Å²) >= 11 is 3.37. The standard InChI is InChI=1S/C16H8BBrO2/c17-7-1-3-9-11(5-7)15(19)14-10-4-2-8(18)6-12(10)16(20)13(9)14/h1-6,13-14H. The zero-order valence-corrected chi connectivity index (χ0v) is 12.0. The SMILES string of the molecule is [B]c1ccc2c(c1)C(=O)C1c3ccc(Br)cc3C(=O)C21. The third kappa shape index (κ3) is 1.40. The van der Waals surface area contributed by atoms with Crippen molar-refractivity contribution in [2.75, 3.05) is 0 Å². The van der Waals surface area contributed by atoms with E-state index in [4.69, 9.17) is 7.85 Å². The first-order valence-electron chi connectivity index (χ1n) is 6.35. The van der Waals surface area contributed by atoms with Gasteiger partial charge in [-0.2, -0.15) is 0 Å². The molecule has 2 aliphatic rings. The molecule has 0 aliphatic heterocycles. The zero-order chi connectivity index (χ0) is 14.0. The number of halogens is 1. The van der Waals surface area contributed by atoms with E-state index in [1.54, 1.807) is 18.2 Å². The maximum absolute atomic E-state index is 12.6. The molecular formula is C16H8BBrO2. The molecule has 0 spiro atoms. The molecule has 2 aromatic rings. The van der Waals surface area contributed by atoms with Crippen molar-refractivity contribution in [3.63, 3.8) is 0 Å². The van der Waals surface area contributed by atoms with Crippen molar-refractivity contribution in [1.82, 2.24) is 0 Å². The van der Waals surface area contributed by atoms with Crippen molar-refractivity contribution < 1.29 is 9.59 Å². The van der Waals surface area contributed by atoms with Crippen LogP contribution >= 0.6 is 15.9 Å². The second-order valence-electron chi connectivity index (χ2n) is 5.26. The van der Waals surface area contributed by atoms with E-state index in [-0.39, 0.29) is 23.4 Å². The second-order valence-corrected chi connectivity index (χ2v) is 6.18. The van der Waals surface area contributed by atoms with Gasteiger partial charge in [0.2, 0.25) is 0 Å². The van der Waals surface area contributed by atoms with E-state index < -0.39 is 0 Å². The van der Waals surface area contributed by atoms with Gasteiger partial charge in [-0.3, -0.25) is 9.59 Å². The van der Waals surface area contributed by atoms with Crippen LogP contribution in [0.25, 0.3) is 0 Å². The molecule has 2 unspecified atom stereocenters. The predicted octanol–water partition coefficient (Wildman–Crippen LogP) is 2.50. The minimum absolute atomic E-state index is 0.00622. The third-order valence-corrected chi connectivity index (χ3v) is 4.69. The Hall–Kier alpha value is -1.68. The minimum atomic E-state index is -0.373. The lowest BCUT2D eigenvalue weighted by Gasteiger charge is -2.07. The molecule has 0 saturated carbocycles. The fourth-order valence-electron chi connectivity index (χ4n) is 3.35. The molecule has 0 bridgehead atoms. The molecule has 2 aliphatic carbocycles. The topological polar surface area (TPSA) is 34.1 Å². The van der Waals surface area contributed by atoms with Crippen molar-refractivity contribution in [3.05, 3.63) is 63.1 Å². The number of hydrogen-bond acceptors (Lipinski definition) is 2. The van der Waals surface area contributed by atoms with E-state index in [9.17, 15) is 9.59 Å². The molecule has 4 heteroatoms. The molecule has 0 amide bonds. The van der Waals surface area contributed by atoms with Gasteiger partial charge in [-0.1, -0.05) is 45.7 Å². The minimum Gasteiger partial charge on any atom is -0.293 e. The average molecular weight is 323 g/mol. The first-order valence-corrected chi connectivity index (χ1v) is 7.14. The Morgan fingerprint density at radius 2 is 1.40 bits per heavy atom. The summed E-state index contributed by atoms with van der Waals surface area (Å²) in [5.74, 6) is -0.709. The molecule has 2 nitrogen and oxygen atoms in total. The predicted molar refractivity (Wildman–Crippen MR) is 80.1 cm³/mol. The zero-order valence-electron chi connectivity index (χ0n) is 10.4. The molecule has 0 fully saturated rings. The summed E-state index contributed by atoms with van der Waals surface area (Å²) in [4.78, 5) is 25.2. The Morgan fingerprint density at radius 1 is 0.850 bits per heavy atom. The van der Waals surface area contributed by atoms with Gasteiger partial charge in [-0.05, 0) is 23.3 Å². The van der Waals surface area contributed by atoms with Crippen LogP contribution in [0.2, 0.25) is 0 Å². The van der Waals surface area contributed by atoms with Gasteiger partial charge in [0, 0.05) is 15.6 Å². The van der Waals surface area contributed by atoms with Crippen molar-refractivity contribution >= 4 is 40.8 Å². The summed E-state index contributed by atoms with van der Waals surface area (Å²) in [6, 6.07) is 10.8. The third-order valence-electron chi connectivity index (χ3n) is 4.19. The van der Waals surface area contributed by atoms with Gasteiger partial charge in [0.15, 0.2) is 11.6 Å². The smallest absolute Gasteiger partial charge is 0.171 e. The van der Waals surface area contributed by atoms with Gasteiger partial charge in [-0.25, -0.2) is 0 Å². The van der Waals surface area contributed by atoms with Crippen LogP contribution in [-0.4, -0.2) is 19.4 Å². The highest BCUT2D eigenvalue weighted by atomic mass is 79.9. The quantitative estimate of drug-likeness (QED) is 0.698. The molecule has 0 N–H and O–H groups in total. The fourth-order valence-corrected chi connectivity index (χ4v) is 3.71. The highest BCUT2D eigenvalue weighted by molar-refractivity contribution is 9.10. The Bertz CT molecular complexity index is 730. The number of fused-ring (bicyclic) bond motifs is 5. The average Bonchev–Trinajstić information content (AvgIpc) is 2.86. The van der Waals surface area contributed by atoms with E-state index >= 15 is 0 Å². The van der Waals surface area contributed by atoms with Crippen molar-refractivity contribution in [3.8, 4) is 0 Å². The molecule has 0 aromatic heterocycles. The molecule has 0 saturated heterocycles. The van der Waals surface area contributed by atoms with Gasteiger partial charge in [0.05, 0.1) is 11.8 Å². The lowest BCUT2D eigenvalue weighted by molar-refractivity contribution is 0.0913. The number of rotatable bonds is 0. The monoisotopic (exact) mass is 322 g/mol. The molecule has 2 radical (unpaired) electrons. The summed E-state index contributed by atoms with van der Waals surface area (Å²) in [5, 5.41) is 0. The van der Waals surface area contributed by atoms with Gasteiger partial charge in [-0.15, -0.1) is 0 Å². The number of carbonyl (C=O) groups excluding carboxylic acids is 2. The van der Waals surface area contributed by atoms with E-state index in [0.29, 0.717) is 16.6 Å². The summed E-state index contributed by atoms with van der Waals surface area (Å²) in [6.45, 7) is 0. The molecule has 4 rings (SSSR count). The molecule has 94 valence electrons. The van der Waals surface area contributed by atoms with Crippen LogP contribution in [0.1, 0.15) is 43.7 Å². The second kappa shape index (κ2) is 3.92. The highest BCUT2D eigenvalue weighted by Crippen LogP contribution is 2.51. The normalized spacial score (nSPS) is 22.6. The number of ketones is 2. The van der Waals surface area contributed by atoms with Crippen molar-refractivity contribution in [1.29, 1.82) is 0 Å². The van der Waals surface area contributed by atoms with Crippen LogP contribution < -0.4 is 5.46 Å². The van der Waals surface area contributed by atoms with Crippen molar-refractivity contribution in [2.24, 2.45) is 0 Å². The number of Topliss-reactive ketones (excluding diaryl/α,β-unsaturated/α-hetero) is 2. The van der Waals surface area contributed by atoms with E-state index in [2.05, 4.69) is 15.9 Å². The van der Waals surface area contributed by atoms with Crippen LogP contribution in [-0.2, 0) is 0 Å². The van der Waals surface area contributed by atoms with E-state index in [1.165, 1.54) is 0 Å². The lowest BCUT2D eigenvalue weighted by atomic mass is 9.90. The van der Waals surface area contributed by atoms with Crippen LogP contribution in [0.3, 0.4) is 0 Å². The molecular weight excluding hydrogens is 315 g/mol. The Labute approximate surface area is 125 Å². The molecule has 0 heterocycles. The first kappa shape index (κ1) is 12.1. The van der Waals surface area contributed by atoms with E-state index in [1.807, 2.05) is 18.2 Å². The Balaban J connectivity index is 1.97. The fraction of sp³-hybridized carbons (Fsp3) is 0.125. The lowest BCUT2D eigenvalue weighted by Crippen LogP contribution is -2.09. The van der Waals surface area contributed by atoms with E-state index in [0.717, 1.165) is 15.6 Å². The van der Waals surface area contributed by atoms with Gasteiger partial charge < -0.3 is 0 Å². The largest absolute Gasteiger partial charge is 0.293 e. The molecule has 20 heavy (non-hydrogen) atoms. The van der Waals surface area contributed by atoms with Gasteiger partial charge >= 0.3 is 0 Å². The highest BCUT2D eigenvalue weighted by Gasteiger charge is 2.50. The van der Waals surface area contributed by atoms with Crippen LogP contribution in [0.5, 0.6) is 0 Å². The maximum Gasteiger partial charge on any atom is 0.171 e. The summed E-state index contributed by atoms with van der Waals surface area (Å²) in [7, 11) is 5.75. The van der Waals surface area contributed by atoms with Gasteiger partial charge in [0.25, 0.3) is 0 Å². The summed E-state index contributed by atoms with van der Waals surface area (Å²) < 4.78 is 0.856. The number of hydrogen-bond donors (Lipinski definition) is 0.